The van der Waals surface area contributed by atoms with Crippen molar-refractivity contribution in [1.82, 2.24) is 0 Å². The molecule has 2 rings (SSSR count). The summed E-state index contributed by atoms with van der Waals surface area (Å²) in [5, 5.41) is 21.9. The Balaban J connectivity index is 2.59. The number of aryl methyl sites for hydroxylation is 1. The van der Waals surface area contributed by atoms with Gasteiger partial charge in [0.15, 0.2) is 0 Å². The first-order chi connectivity index (χ1) is 11.1. The van der Waals surface area contributed by atoms with Crippen LogP contribution in [0.15, 0.2) is 41.3 Å². The third-order valence-corrected chi connectivity index (χ3v) is 4.51. The summed E-state index contributed by atoms with van der Waals surface area (Å²) in [6.07, 6.45) is -0.175. The molecule has 2 aromatic rings. The number of nitro benzene ring substituents is 2. The number of nitrogens with zero attached hydrogens (tertiary/aromatic N) is 2. The third-order valence-electron chi connectivity index (χ3n) is 3.41. The predicted octanol–water partition coefficient (Wildman–Crippen LogP) is 2.65. The van der Waals surface area contributed by atoms with Crippen molar-refractivity contribution in [3.63, 3.8) is 0 Å². The molecule has 0 radical (unpaired) electrons. The average Bonchev–Trinajstić information content (AvgIpc) is 2.45. The summed E-state index contributed by atoms with van der Waals surface area (Å²) in [6.45, 7) is 1.48. The van der Waals surface area contributed by atoms with Crippen LogP contribution in [-0.2, 0) is 16.5 Å². The van der Waals surface area contributed by atoms with E-state index in [4.69, 9.17) is 0 Å². The van der Waals surface area contributed by atoms with E-state index in [-0.39, 0.29) is 22.4 Å². The molecule has 0 aliphatic rings. The standard InChI is InChI=1S/C14H12N2O7S/c1-9-3-2-4-11(14(9)24(21,22)23)7-10-5-6-12(15(17)18)8-13(10)16(19)20/h2-6,8H,7H2,1H3,(H,21,22,23). The van der Waals surface area contributed by atoms with E-state index in [1.165, 1.54) is 25.1 Å². The highest BCUT2D eigenvalue weighted by atomic mass is 32.2. The van der Waals surface area contributed by atoms with Crippen molar-refractivity contribution in [3.8, 4) is 0 Å². The van der Waals surface area contributed by atoms with Crippen molar-refractivity contribution in [1.29, 1.82) is 0 Å². The van der Waals surface area contributed by atoms with Crippen LogP contribution in [0, 0.1) is 27.2 Å². The first kappa shape index (κ1) is 17.5. The van der Waals surface area contributed by atoms with Gasteiger partial charge in [-0.2, -0.15) is 8.42 Å². The summed E-state index contributed by atoms with van der Waals surface area (Å²) in [7, 11) is -4.52. The minimum absolute atomic E-state index is 0.0982. The van der Waals surface area contributed by atoms with Crippen molar-refractivity contribution < 1.29 is 22.8 Å². The quantitative estimate of drug-likeness (QED) is 0.495. The average molecular weight is 352 g/mol. The van der Waals surface area contributed by atoms with Gasteiger partial charge in [0.2, 0.25) is 0 Å². The number of hydrogen-bond acceptors (Lipinski definition) is 6. The molecule has 0 spiro atoms. The van der Waals surface area contributed by atoms with Crippen molar-refractivity contribution in [2.24, 2.45) is 0 Å². The zero-order chi connectivity index (χ0) is 18.1. The Hall–Kier alpha value is -2.85. The van der Waals surface area contributed by atoms with Crippen LogP contribution in [0.4, 0.5) is 11.4 Å². The molecule has 126 valence electrons. The van der Waals surface area contributed by atoms with Gasteiger partial charge in [-0.1, -0.05) is 18.2 Å². The van der Waals surface area contributed by atoms with E-state index < -0.39 is 31.3 Å². The molecule has 0 atom stereocenters. The number of benzene rings is 2. The smallest absolute Gasteiger partial charge is 0.282 e. The number of nitro groups is 2. The van der Waals surface area contributed by atoms with E-state index in [1.807, 2.05) is 0 Å². The zero-order valence-electron chi connectivity index (χ0n) is 12.4. The van der Waals surface area contributed by atoms with Crippen molar-refractivity contribution in [2.45, 2.75) is 18.2 Å². The fraction of sp³-hybridized carbons (Fsp3) is 0.143. The summed E-state index contributed by atoms with van der Waals surface area (Å²) in [6, 6.07) is 7.57. The van der Waals surface area contributed by atoms with Gasteiger partial charge in [-0.15, -0.1) is 0 Å². The van der Waals surface area contributed by atoms with Crippen LogP contribution in [0.5, 0.6) is 0 Å². The van der Waals surface area contributed by atoms with Crippen LogP contribution in [-0.4, -0.2) is 22.8 Å². The Labute approximate surface area is 136 Å². The second kappa shape index (κ2) is 6.34. The molecule has 0 aliphatic carbocycles. The lowest BCUT2D eigenvalue weighted by Crippen LogP contribution is -2.07. The van der Waals surface area contributed by atoms with Gasteiger partial charge in [0.1, 0.15) is 4.90 Å². The largest absolute Gasteiger partial charge is 0.295 e. The lowest BCUT2D eigenvalue weighted by molar-refractivity contribution is -0.394. The molecule has 0 aromatic heterocycles. The second-order valence-corrected chi connectivity index (χ2v) is 6.40. The number of hydrogen-bond donors (Lipinski definition) is 1. The maximum atomic E-state index is 11.6. The minimum Gasteiger partial charge on any atom is -0.282 e. The molecule has 0 fully saturated rings. The molecule has 1 N–H and O–H groups in total. The predicted molar refractivity (Wildman–Crippen MR) is 83.6 cm³/mol. The van der Waals surface area contributed by atoms with Crippen molar-refractivity contribution >= 4 is 21.5 Å². The minimum atomic E-state index is -4.52. The van der Waals surface area contributed by atoms with Crippen LogP contribution in [0.3, 0.4) is 0 Å². The van der Waals surface area contributed by atoms with Gasteiger partial charge in [0, 0.05) is 18.1 Å². The highest BCUT2D eigenvalue weighted by molar-refractivity contribution is 7.86. The zero-order valence-corrected chi connectivity index (χ0v) is 13.2. The van der Waals surface area contributed by atoms with E-state index in [1.54, 1.807) is 6.07 Å². The molecule has 2 aromatic carbocycles. The van der Waals surface area contributed by atoms with Crippen LogP contribution in [0.1, 0.15) is 16.7 Å². The Bertz CT molecular complexity index is 938. The molecule has 0 saturated heterocycles. The fourth-order valence-corrected chi connectivity index (χ4v) is 3.36. The van der Waals surface area contributed by atoms with Crippen LogP contribution in [0.25, 0.3) is 0 Å². The Kier molecular flexibility index (Phi) is 4.62. The highest BCUT2D eigenvalue weighted by Gasteiger charge is 2.23. The second-order valence-electron chi connectivity index (χ2n) is 5.04. The van der Waals surface area contributed by atoms with Crippen LogP contribution < -0.4 is 0 Å². The SMILES string of the molecule is Cc1cccc(Cc2ccc([N+](=O)[O-])cc2[N+](=O)[O-])c1S(=O)(=O)O. The summed E-state index contributed by atoms with van der Waals surface area (Å²) in [5.41, 5.74) is -0.383. The normalized spacial score (nSPS) is 11.2. The maximum Gasteiger partial charge on any atom is 0.295 e. The molecular weight excluding hydrogens is 340 g/mol. The van der Waals surface area contributed by atoms with Crippen molar-refractivity contribution in [2.75, 3.05) is 0 Å². The Morgan fingerprint density at radius 3 is 2.25 bits per heavy atom. The Morgan fingerprint density at radius 1 is 1.04 bits per heavy atom. The van der Waals surface area contributed by atoms with Gasteiger partial charge in [-0.05, 0) is 24.1 Å². The van der Waals surface area contributed by atoms with E-state index in [0.717, 1.165) is 12.1 Å². The molecule has 9 nitrogen and oxygen atoms in total. The van der Waals surface area contributed by atoms with Crippen LogP contribution in [0.2, 0.25) is 0 Å². The summed E-state index contributed by atoms with van der Waals surface area (Å²) < 4.78 is 32.5. The molecule has 10 heteroatoms. The van der Waals surface area contributed by atoms with Gasteiger partial charge >= 0.3 is 0 Å². The van der Waals surface area contributed by atoms with Crippen molar-refractivity contribution in [3.05, 3.63) is 73.3 Å². The van der Waals surface area contributed by atoms with Gasteiger partial charge < -0.3 is 0 Å². The molecule has 0 unspecified atom stereocenters. The molecular formula is C14H12N2O7S. The van der Waals surface area contributed by atoms with Crippen LogP contribution >= 0.6 is 0 Å². The molecule has 0 aliphatic heterocycles. The monoisotopic (exact) mass is 352 g/mol. The number of rotatable bonds is 5. The lowest BCUT2D eigenvalue weighted by atomic mass is 10.0. The van der Waals surface area contributed by atoms with E-state index in [9.17, 15) is 33.2 Å². The third kappa shape index (κ3) is 3.55. The first-order valence-corrected chi connectivity index (χ1v) is 8.03. The maximum absolute atomic E-state index is 11.6. The Morgan fingerprint density at radius 2 is 1.71 bits per heavy atom. The number of non-ortho nitro benzene ring substituents is 1. The van der Waals surface area contributed by atoms with Gasteiger partial charge in [-0.3, -0.25) is 24.8 Å². The highest BCUT2D eigenvalue weighted by Crippen LogP contribution is 2.29. The molecule has 0 bridgehead atoms. The van der Waals surface area contributed by atoms with Gasteiger partial charge in [-0.25, -0.2) is 0 Å². The molecule has 0 amide bonds. The van der Waals surface area contributed by atoms with Gasteiger partial charge in [0.25, 0.3) is 21.5 Å². The summed E-state index contributed by atoms with van der Waals surface area (Å²) >= 11 is 0. The summed E-state index contributed by atoms with van der Waals surface area (Å²) in [5.74, 6) is 0. The fourth-order valence-electron chi connectivity index (χ4n) is 2.41. The first-order valence-electron chi connectivity index (χ1n) is 6.59. The van der Waals surface area contributed by atoms with E-state index >= 15 is 0 Å². The molecule has 0 saturated carbocycles. The molecule has 24 heavy (non-hydrogen) atoms. The summed E-state index contributed by atoms with van der Waals surface area (Å²) in [4.78, 5) is 20.0. The van der Waals surface area contributed by atoms with Gasteiger partial charge in [0.05, 0.1) is 15.9 Å². The lowest BCUT2D eigenvalue weighted by Gasteiger charge is -2.10. The topological polar surface area (TPSA) is 141 Å². The van der Waals surface area contributed by atoms with E-state index in [0.29, 0.717) is 5.56 Å². The van der Waals surface area contributed by atoms with E-state index in [2.05, 4.69) is 0 Å². The molecule has 0 heterocycles.